The van der Waals surface area contributed by atoms with Crippen molar-refractivity contribution in [1.29, 1.82) is 0 Å². The van der Waals surface area contributed by atoms with Crippen molar-refractivity contribution < 1.29 is 49.9 Å². The van der Waals surface area contributed by atoms with Crippen molar-refractivity contribution in [3.05, 3.63) is 61.3 Å². The number of rotatable bonds is 0. The Kier molecular flexibility index (Phi) is 59.2. The minimum Gasteiger partial charge on any atom is -0.356 e. The van der Waals surface area contributed by atoms with Crippen LogP contribution in [0, 0.1) is 61.3 Å². The zero-order chi connectivity index (χ0) is 14.3. The molecule has 0 unspecified atom stereocenters. The van der Waals surface area contributed by atoms with Crippen molar-refractivity contribution in [2.24, 2.45) is 0 Å². The predicted octanol–water partition coefficient (Wildman–Crippen LogP) is -4.33. The zero-order valence-corrected chi connectivity index (χ0v) is 13.6. The maximum absolute atomic E-state index is 8.25. The van der Waals surface area contributed by atoms with Crippen LogP contribution in [0.4, 0.5) is 0 Å². The van der Waals surface area contributed by atoms with Crippen LogP contribution in [-0.2, 0) is 0 Å². The molecule has 0 heterocycles. The van der Waals surface area contributed by atoms with Crippen molar-refractivity contribution >= 4 is 26.2 Å². The summed E-state index contributed by atoms with van der Waals surface area (Å²) in [6.07, 6.45) is 0. The molecule has 0 aromatic carbocycles. The average molecular weight is 480 g/mol. The maximum atomic E-state index is 8.25. The van der Waals surface area contributed by atoms with Crippen LogP contribution in [0.2, 0.25) is 0 Å². The van der Waals surface area contributed by atoms with Gasteiger partial charge in [0, 0.05) is 0 Å². The Hall–Kier alpha value is -1.32. The Bertz CT molecular complexity index is 164. The van der Waals surface area contributed by atoms with Crippen LogP contribution in [0.25, 0.3) is 0 Å². The molecule has 0 bridgehead atoms. The van der Waals surface area contributed by atoms with Crippen LogP contribution in [0.15, 0.2) is 0 Å². The Morgan fingerprint density at radius 1 is 0.444 bits per heavy atom. The van der Waals surface area contributed by atoms with Crippen molar-refractivity contribution in [3.8, 4) is 0 Å². The van der Waals surface area contributed by atoms with Gasteiger partial charge in [0.15, 0.2) is 0 Å². The molecule has 0 aliphatic carbocycles. The molecule has 16 nitrogen and oxygen atoms in total. The second-order valence-corrected chi connectivity index (χ2v) is 0.894. The minimum absolute atomic E-state index is 0. The Morgan fingerprint density at radius 3 is 0.444 bits per heavy atom. The molecule has 98 valence electrons. The molecule has 2 radical (unpaired) electrons. The Labute approximate surface area is 137 Å². The molecule has 0 spiro atoms. The van der Waals surface area contributed by atoms with Gasteiger partial charge in [-0.05, 0) is 0 Å². The van der Waals surface area contributed by atoms with E-state index in [4.69, 9.17) is 61.3 Å². The van der Waals surface area contributed by atoms with Gasteiger partial charge >= 0.3 is 55.8 Å². The molecular formula is BiN4NaO12. The monoisotopic (exact) mass is 480 g/mol. The van der Waals surface area contributed by atoms with Crippen LogP contribution in [0.5, 0.6) is 0 Å². The van der Waals surface area contributed by atoms with Crippen LogP contribution in [-0.4, -0.2) is 46.5 Å². The SMILES string of the molecule is O=[N+]([O-])[O-].O=[N+]([O-])[O-].O=[N+]([O-])[O-].O=[N+]([O-])[O-].[Bi+3].[Na+]. The fraction of sp³-hybridized carbons (Fsp3) is 0. The fourth-order valence-electron chi connectivity index (χ4n) is 0. The summed E-state index contributed by atoms with van der Waals surface area (Å²) in [4.78, 5) is 33.0. The molecule has 0 saturated carbocycles. The second-order valence-electron chi connectivity index (χ2n) is 0.894. The Balaban J connectivity index is -0.0000000257. The summed E-state index contributed by atoms with van der Waals surface area (Å²) in [6, 6.07) is 0. The molecule has 0 aliphatic heterocycles. The van der Waals surface area contributed by atoms with Gasteiger partial charge < -0.3 is 61.3 Å². The van der Waals surface area contributed by atoms with Crippen molar-refractivity contribution in [1.82, 2.24) is 0 Å². The molecular weight excluding hydrogens is 480 g/mol. The van der Waals surface area contributed by atoms with Gasteiger partial charge in [-0.15, -0.1) is 0 Å². The van der Waals surface area contributed by atoms with Gasteiger partial charge in [-0.3, -0.25) is 0 Å². The molecule has 0 rings (SSSR count). The molecule has 0 amide bonds. The number of hydrogen-bond donors (Lipinski definition) is 0. The summed E-state index contributed by atoms with van der Waals surface area (Å²) < 4.78 is 0. The van der Waals surface area contributed by atoms with Crippen LogP contribution in [0.3, 0.4) is 0 Å². The van der Waals surface area contributed by atoms with E-state index in [0.717, 1.165) is 0 Å². The van der Waals surface area contributed by atoms with Crippen molar-refractivity contribution in [3.63, 3.8) is 0 Å². The maximum Gasteiger partial charge on any atom is 3.00 e. The molecule has 18 heteroatoms. The summed E-state index contributed by atoms with van der Waals surface area (Å²) >= 11 is 0. The second kappa shape index (κ2) is 29.6. The summed E-state index contributed by atoms with van der Waals surface area (Å²) in [5.74, 6) is 0. The first-order valence-electron chi connectivity index (χ1n) is 2.19. The smallest absolute Gasteiger partial charge is 0.356 e. The molecule has 0 aliphatic rings. The van der Waals surface area contributed by atoms with E-state index in [9.17, 15) is 0 Å². The van der Waals surface area contributed by atoms with Gasteiger partial charge in [0.1, 0.15) is 0 Å². The van der Waals surface area contributed by atoms with Gasteiger partial charge in [-0.2, -0.15) is 0 Å². The van der Waals surface area contributed by atoms with E-state index in [-0.39, 0.29) is 55.8 Å². The molecule has 0 aromatic heterocycles. The van der Waals surface area contributed by atoms with Crippen LogP contribution in [0.1, 0.15) is 0 Å². The third-order valence-electron chi connectivity index (χ3n) is 0. The summed E-state index contributed by atoms with van der Waals surface area (Å²) in [7, 11) is 0. The predicted molar refractivity (Wildman–Crippen MR) is 47.2 cm³/mol. The van der Waals surface area contributed by atoms with E-state index in [1.165, 1.54) is 0 Å². The quantitative estimate of drug-likeness (QED) is 0.181. The summed E-state index contributed by atoms with van der Waals surface area (Å²) in [6.45, 7) is 0. The normalized spacial score (nSPS) is 5.33. The molecule has 0 saturated heterocycles. The van der Waals surface area contributed by atoms with E-state index in [0.29, 0.717) is 0 Å². The topological polar surface area (TPSA) is 265 Å². The largest absolute Gasteiger partial charge is 3.00 e. The molecule has 0 aromatic rings. The van der Waals surface area contributed by atoms with Crippen molar-refractivity contribution in [2.45, 2.75) is 0 Å². The molecule has 18 heavy (non-hydrogen) atoms. The fourth-order valence-corrected chi connectivity index (χ4v) is 0. The van der Waals surface area contributed by atoms with E-state index >= 15 is 0 Å². The standard InChI is InChI=1S/Bi.4NO3.Na/c;4*2-1(3)4;/q+3;4*-1;+1. The zero-order valence-electron chi connectivity index (χ0n) is 8.14. The van der Waals surface area contributed by atoms with Gasteiger partial charge in [0.2, 0.25) is 0 Å². The van der Waals surface area contributed by atoms with E-state index in [1.807, 2.05) is 0 Å². The number of nitrogens with zero attached hydrogens (tertiary/aromatic N) is 4. The minimum atomic E-state index is -1.75. The van der Waals surface area contributed by atoms with Gasteiger partial charge in [-0.25, -0.2) is 0 Å². The summed E-state index contributed by atoms with van der Waals surface area (Å²) in [5, 5.41) is 59.0. The van der Waals surface area contributed by atoms with E-state index < -0.39 is 20.3 Å². The first-order chi connectivity index (χ1) is 6.93. The van der Waals surface area contributed by atoms with E-state index in [1.54, 1.807) is 0 Å². The molecule has 0 fully saturated rings. The first kappa shape index (κ1) is 36.0. The third-order valence-corrected chi connectivity index (χ3v) is 0. The van der Waals surface area contributed by atoms with Gasteiger partial charge in [-0.1, -0.05) is 0 Å². The van der Waals surface area contributed by atoms with Crippen LogP contribution >= 0.6 is 0 Å². The summed E-state index contributed by atoms with van der Waals surface area (Å²) in [5.41, 5.74) is 0. The molecule has 0 atom stereocenters. The van der Waals surface area contributed by atoms with E-state index in [2.05, 4.69) is 0 Å². The van der Waals surface area contributed by atoms with Crippen molar-refractivity contribution in [2.75, 3.05) is 0 Å². The average Bonchev–Trinajstić information content (AvgIpc) is 1.76. The first-order valence-corrected chi connectivity index (χ1v) is 2.19. The third kappa shape index (κ3) is 1590. The molecule has 0 N–H and O–H groups in total. The Morgan fingerprint density at radius 2 is 0.444 bits per heavy atom. The number of hydrogen-bond acceptors (Lipinski definition) is 12. The van der Waals surface area contributed by atoms with Gasteiger partial charge in [0.25, 0.3) is 0 Å². The van der Waals surface area contributed by atoms with Crippen LogP contribution < -0.4 is 29.6 Å². The van der Waals surface area contributed by atoms with Gasteiger partial charge in [0.05, 0.1) is 20.3 Å².